The van der Waals surface area contributed by atoms with Crippen molar-refractivity contribution in [1.29, 1.82) is 0 Å². The topological polar surface area (TPSA) is 75.5 Å². The average Bonchev–Trinajstić information content (AvgIpc) is 2.45. The van der Waals surface area contributed by atoms with Gasteiger partial charge in [0.25, 0.3) is 11.6 Å². The quantitative estimate of drug-likeness (QED) is 0.601. The van der Waals surface area contributed by atoms with Gasteiger partial charge in [-0.25, -0.2) is 0 Å². The van der Waals surface area contributed by atoms with E-state index in [2.05, 4.69) is 40.0 Å². The number of carbonyl (C=O) groups excluding carboxylic acids is 1. The molecule has 0 aliphatic rings. The van der Waals surface area contributed by atoms with Crippen LogP contribution in [0, 0.1) is 10.1 Å². The molecule has 21 heavy (non-hydrogen) atoms. The number of amides is 1. The number of benzene rings is 1. The Morgan fingerprint density at radius 1 is 1.52 bits per heavy atom. The van der Waals surface area contributed by atoms with Gasteiger partial charge in [0, 0.05) is 25.2 Å². The molecule has 0 radical (unpaired) electrons. The molecule has 0 fully saturated rings. The summed E-state index contributed by atoms with van der Waals surface area (Å²) < 4.78 is 0.211. The van der Waals surface area contributed by atoms with E-state index in [-0.39, 0.29) is 21.6 Å². The fraction of sp³-hybridized carbons (Fsp3) is 0.500. The third-order valence-electron chi connectivity index (χ3n) is 3.51. The molecule has 0 bridgehead atoms. The first-order chi connectivity index (χ1) is 9.88. The first kappa shape index (κ1) is 17.6. The van der Waals surface area contributed by atoms with Crippen LogP contribution in [0.1, 0.15) is 30.6 Å². The van der Waals surface area contributed by atoms with Crippen LogP contribution < -0.4 is 5.32 Å². The Morgan fingerprint density at radius 3 is 2.76 bits per heavy atom. The van der Waals surface area contributed by atoms with Crippen molar-refractivity contribution in [3.63, 3.8) is 0 Å². The molecule has 6 nitrogen and oxygen atoms in total. The minimum absolute atomic E-state index is 0.112. The predicted octanol–water partition coefficient (Wildman–Crippen LogP) is 2.82. The van der Waals surface area contributed by atoms with Crippen LogP contribution in [-0.2, 0) is 0 Å². The SMILES string of the molecule is CCC(C)N(C)CCNC(=O)c1cccc([N+](=O)[O-])c1Br. The van der Waals surface area contributed by atoms with Crippen LogP contribution in [0.4, 0.5) is 5.69 Å². The Balaban J connectivity index is 2.65. The number of nitro groups is 1. The fourth-order valence-electron chi connectivity index (χ4n) is 1.81. The van der Waals surface area contributed by atoms with Gasteiger partial charge in [0.2, 0.25) is 0 Å². The van der Waals surface area contributed by atoms with Crippen molar-refractivity contribution in [2.45, 2.75) is 26.3 Å². The molecule has 0 aliphatic heterocycles. The van der Waals surface area contributed by atoms with Crippen LogP contribution >= 0.6 is 15.9 Å². The van der Waals surface area contributed by atoms with Crippen LogP contribution in [0.25, 0.3) is 0 Å². The standard InChI is InChI=1S/C14H20BrN3O3/c1-4-10(2)17(3)9-8-16-14(19)11-6-5-7-12(13(11)15)18(20)21/h5-7,10H,4,8-9H2,1-3H3,(H,16,19). The summed E-state index contributed by atoms with van der Waals surface area (Å²) in [4.78, 5) is 24.6. The van der Waals surface area contributed by atoms with Crippen molar-refractivity contribution >= 4 is 27.5 Å². The first-order valence-electron chi connectivity index (χ1n) is 6.79. The number of nitrogens with zero attached hydrogens (tertiary/aromatic N) is 2. The summed E-state index contributed by atoms with van der Waals surface area (Å²) >= 11 is 3.12. The number of halogens is 1. The lowest BCUT2D eigenvalue weighted by Crippen LogP contribution is -2.37. The van der Waals surface area contributed by atoms with E-state index in [9.17, 15) is 14.9 Å². The van der Waals surface area contributed by atoms with E-state index in [1.165, 1.54) is 12.1 Å². The minimum Gasteiger partial charge on any atom is -0.351 e. The van der Waals surface area contributed by atoms with Gasteiger partial charge in [0.05, 0.1) is 10.5 Å². The number of rotatable bonds is 7. The summed E-state index contributed by atoms with van der Waals surface area (Å²) in [6.07, 6.45) is 1.04. The lowest BCUT2D eigenvalue weighted by Gasteiger charge is -2.23. The third-order valence-corrected chi connectivity index (χ3v) is 4.35. The zero-order valence-corrected chi connectivity index (χ0v) is 14.0. The molecule has 0 heterocycles. The molecule has 1 aromatic rings. The van der Waals surface area contributed by atoms with Gasteiger partial charge in [-0.2, -0.15) is 0 Å². The molecule has 1 amide bonds. The van der Waals surface area contributed by atoms with E-state index in [1.807, 2.05) is 7.05 Å². The van der Waals surface area contributed by atoms with E-state index >= 15 is 0 Å². The molecule has 0 aromatic heterocycles. The van der Waals surface area contributed by atoms with Crippen LogP contribution in [0.5, 0.6) is 0 Å². The van der Waals surface area contributed by atoms with Gasteiger partial charge < -0.3 is 10.2 Å². The van der Waals surface area contributed by atoms with Crippen molar-refractivity contribution < 1.29 is 9.72 Å². The highest BCUT2D eigenvalue weighted by Gasteiger charge is 2.19. The Labute approximate surface area is 132 Å². The average molecular weight is 358 g/mol. The summed E-state index contributed by atoms with van der Waals surface area (Å²) in [7, 11) is 2.00. The molecule has 7 heteroatoms. The molecular formula is C14H20BrN3O3. The molecule has 116 valence electrons. The highest BCUT2D eigenvalue weighted by Crippen LogP contribution is 2.28. The maximum Gasteiger partial charge on any atom is 0.284 e. The van der Waals surface area contributed by atoms with E-state index in [4.69, 9.17) is 0 Å². The monoisotopic (exact) mass is 357 g/mol. The van der Waals surface area contributed by atoms with E-state index in [0.29, 0.717) is 12.6 Å². The van der Waals surface area contributed by atoms with Crippen LogP contribution in [-0.4, -0.2) is 41.9 Å². The molecule has 1 aromatic carbocycles. The summed E-state index contributed by atoms with van der Waals surface area (Å²) in [5, 5.41) is 13.6. The zero-order chi connectivity index (χ0) is 16.0. The smallest absolute Gasteiger partial charge is 0.284 e. The first-order valence-corrected chi connectivity index (χ1v) is 7.59. The number of nitro benzene ring substituents is 1. The summed E-state index contributed by atoms with van der Waals surface area (Å²) in [5.74, 6) is -0.317. The lowest BCUT2D eigenvalue weighted by molar-refractivity contribution is -0.385. The Morgan fingerprint density at radius 2 is 2.19 bits per heavy atom. The number of hydrogen-bond donors (Lipinski definition) is 1. The molecule has 1 rings (SSSR count). The predicted molar refractivity (Wildman–Crippen MR) is 85.5 cm³/mol. The van der Waals surface area contributed by atoms with Gasteiger partial charge in [-0.15, -0.1) is 0 Å². The van der Waals surface area contributed by atoms with Gasteiger partial charge in [-0.05, 0) is 42.4 Å². The minimum atomic E-state index is -0.516. The number of nitrogens with one attached hydrogen (secondary N) is 1. The highest BCUT2D eigenvalue weighted by atomic mass is 79.9. The number of hydrogen-bond acceptors (Lipinski definition) is 4. The van der Waals surface area contributed by atoms with Crippen LogP contribution in [0.3, 0.4) is 0 Å². The van der Waals surface area contributed by atoms with Crippen molar-refractivity contribution in [2.24, 2.45) is 0 Å². The fourth-order valence-corrected chi connectivity index (χ4v) is 2.40. The second-order valence-electron chi connectivity index (χ2n) is 4.89. The molecule has 1 unspecified atom stereocenters. The second kappa shape index (κ2) is 8.09. The summed E-state index contributed by atoms with van der Waals surface area (Å²) in [6.45, 7) is 5.46. The van der Waals surface area contributed by atoms with Crippen molar-refractivity contribution in [3.8, 4) is 0 Å². The maximum atomic E-state index is 12.1. The molecule has 0 spiro atoms. The van der Waals surface area contributed by atoms with Crippen LogP contribution in [0.2, 0.25) is 0 Å². The molecular weight excluding hydrogens is 338 g/mol. The van der Waals surface area contributed by atoms with Gasteiger partial charge in [0.15, 0.2) is 0 Å². The summed E-state index contributed by atoms with van der Waals surface area (Å²) in [5.41, 5.74) is 0.162. The lowest BCUT2D eigenvalue weighted by atomic mass is 10.2. The Bertz CT molecular complexity index is 522. The number of carbonyl (C=O) groups is 1. The van der Waals surface area contributed by atoms with Gasteiger partial charge in [-0.3, -0.25) is 14.9 Å². The third kappa shape index (κ3) is 4.78. The molecule has 1 N–H and O–H groups in total. The molecule has 0 saturated heterocycles. The van der Waals surface area contributed by atoms with E-state index in [0.717, 1.165) is 13.0 Å². The van der Waals surface area contributed by atoms with Crippen molar-refractivity contribution in [2.75, 3.05) is 20.1 Å². The Hall–Kier alpha value is -1.47. The van der Waals surface area contributed by atoms with Gasteiger partial charge in [0.1, 0.15) is 4.47 Å². The van der Waals surface area contributed by atoms with Crippen LogP contribution in [0.15, 0.2) is 22.7 Å². The van der Waals surface area contributed by atoms with E-state index in [1.54, 1.807) is 6.07 Å². The molecule has 0 saturated carbocycles. The summed E-state index contributed by atoms with van der Waals surface area (Å²) in [6, 6.07) is 4.87. The number of likely N-dealkylation sites (N-methyl/N-ethyl adjacent to an activating group) is 1. The van der Waals surface area contributed by atoms with Gasteiger partial charge >= 0.3 is 0 Å². The second-order valence-corrected chi connectivity index (χ2v) is 5.68. The normalized spacial score (nSPS) is 12.2. The molecule has 1 atom stereocenters. The van der Waals surface area contributed by atoms with E-state index < -0.39 is 4.92 Å². The highest BCUT2D eigenvalue weighted by molar-refractivity contribution is 9.10. The van der Waals surface area contributed by atoms with Gasteiger partial charge in [-0.1, -0.05) is 13.0 Å². The van der Waals surface area contributed by atoms with Crippen molar-refractivity contribution in [1.82, 2.24) is 10.2 Å². The Kier molecular flexibility index (Phi) is 6.77. The maximum absolute atomic E-state index is 12.1. The van der Waals surface area contributed by atoms with Crippen molar-refractivity contribution in [3.05, 3.63) is 38.3 Å². The zero-order valence-electron chi connectivity index (χ0n) is 12.4. The molecule has 0 aliphatic carbocycles. The largest absolute Gasteiger partial charge is 0.351 e.